The Morgan fingerprint density at radius 3 is 2.79 bits per heavy atom. The van der Waals surface area contributed by atoms with Gasteiger partial charge in [-0.15, -0.1) is 0 Å². The van der Waals surface area contributed by atoms with Crippen LogP contribution < -0.4 is 10.9 Å². The number of anilines is 1. The Morgan fingerprint density at radius 2 is 2.04 bits per heavy atom. The predicted octanol–water partition coefficient (Wildman–Crippen LogP) is 3.35. The summed E-state index contributed by atoms with van der Waals surface area (Å²) in [7, 11) is 0. The maximum atomic E-state index is 13.8. The summed E-state index contributed by atoms with van der Waals surface area (Å²) in [6, 6.07) is 7.45. The van der Waals surface area contributed by atoms with E-state index in [1.807, 2.05) is 0 Å². The van der Waals surface area contributed by atoms with Crippen molar-refractivity contribution in [3.8, 4) is 11.3 Å². The minimum absolute atomic E-state index is 0.0192. The third-order valence-corrected chi connectivity index (χ3v) is 4.98. The van der Waals surface area contributed by atoms with E-state index in [4.69, 9.17) is 11.6 Å². The number of hydrogen-bond donors (Lipinski definition) is 1. The first-order valence-electron chi connectivity index (χ1n) is 8.03. The van der Waals surface area contributed by atoms with Crippen molar-refractivity contribution < 1.29 is 9.18 Å². The summed E-state index contributed by atoms with van der Waals surface area (Å²) < 4.78 is 19.6. The molecule has 0 aliphatic carbocycles. The van der Waals surface area contributed by atoms with Crippen LogP contribution in [0.25, 0.3) is 21.5 Å². The molecule has 28 heavy (non-hydrogen) atoms. The monoisotopic (exact) mass is 415 g/mol. The lowest BCUT2D eigenvalue weighted by atomic mass is 10.2. The van der Waals surface area contributed by atoms with E-state index in [1.165, 1.54) is 18.5 Å². The number of carbonyl (C=O) groups is 1. The number of amides is 1. The molecular weight excluding hydrogens is 405 g/mol. The molecule has 7 nitrogen and oxygen atoms in total. The average molecular weight is 416 g/mol. The molecule has 0 spiro atoms. The highest BCUT2D eigenvalue weighted by molar-refractivity contribution is 7.13. The minimum atomic E-state index is -0.661. The molecule has 0 saturated heterocycles. The number of nitrogens with zero attached hydrogens (tertiary/aromatic N) is 4. The first-order chi connectivity index (χ1) is 13.5. The number of halogens is 2. The molecule has 0 aliphatic heterocycles. The van der Waals surface area contributed by atoms with Crippen molar-refractivity contribution in [3.63, 3.8) is 0 Å². The van der Waals surface area contributed by atoms with Crippen LogP contribution in [0.5, 0.6) is 0 Å². The second kappa shape index (κ2) is 7.45. The first-order valence-corrected chi connectivity index (χ1v) is 9.18. The Morgan fingerprint density at radius 1 is 1.25 bits per heavy atom. The number of aromatic nitrogens is 4. The van der Waals surface area contributed by atoms with Crippen LogP contribution in [-0.2, 0) is 11.3 Å². The van der Waals surface area contributed by atoms with Gasteiger partial charge in [-0.2, -0.15) is 4.37 Å². The zero-order valence-electron chi connectivity index (χ0n) is 14.1. The van der Waals surface area contributed by atoms with Crippen molar-refractivity contribution in [1.82, 2.24) is 18.9 Å². The molecule has 4 rings (SSSR count). The molecule has 1 N–H and O–H groups in total. The van der Waals surface area contributed by atoms with Gasteiger partial charge in [-0.1, -0.05) is 11.6 Å². The molecular formula is C18H11ClFN5O2S. The van der Waals surface area contributed by atoms with Gasteiger partial charge in [0.2, 0.25) is 5.91 Å². The van der Waals surface area contributed by atoms with E-state index in [-0.39, 0.29) is 17.3 Å². The van der Waals surface area contributed by atoms with Crippen molar-refractivity contribution in [2.75, 3.05) is 5.32 Å². The molecule has 0 unspecified atom stereocenters. The molecule has 0 fully saturated rings. The van der Waals surface area contributed by atoms with Crippen LogP contribution in [0, 0.1) is 5.82 Å². The summed E-state index contributed by atoms with van der Waals surface area (Å²) in [5.41, 5.74) is 1.42. The van der Waals surface area contributed by atoms with Gasteiger partial charge in [-0.25, -0.2) is 9.37 Å². The summed E-state index contributed by atoms with van der Waals surface area (Å²) in [6.07, 6.45) is 4.53. The highest BCUT2D eigenvalue weighted by Crippen LogP contribution is 2.26. The summed E-state index contributed by atoms with van der Waals surface area (Å²) in [5, 5.41) is 2.63. The van der Waals surface area contributed by atoms with Crippen LogP contribution >= 0.6 is 23.1 Å². The smallest absolute Gasteiger partial charge is 0.273 e. The third-order valence-electron chi connectivity index (χ3n) is 3.92. The third kappa shape index (κ3) is 3.49. The summed E-state index contributed by atoms with van der Waals surface area (Å²) >= 11 is 6.70. The second-order valence-corrected chi connectivity index (χ2v) is 7.00. The number of pyridine rings is 1. The molecule has 4 aromatic rings. The lowest BCUT2D eigenvalue weighted by Gasteiger charge is -2.08. The summed E-state index contributed by atoms with van der Waals surface area (Å²) in [5.74, 6) is -1.23. The Kier molecular flexibility index (Phi) is 4.84. The normalized spacial score (nSPS) is 10.9. The first kappa shape index (κ1) is 18.2. The number of rotatable bonds is 4. The fourth-order valence-corrected chi connectivity index (χ4v) is 3.57. The molecule has 3 aromatic heterocycles. The Balaban J connectivity index is 1.60. The summed E-state index contributed by atoms with van der Waals surface area (Å²) in [6.45, 7) is -0.313. The number of benzene rings is 1. The summed E-state index contributed by atoms with van der Waals surface area (Å²) in [4.78, 5) is 33.1. The highest BCUT2D eigenvalue weighted by Gasteiger charge is 2.16. The Labute approximate surface area is 166 Å². The zero-order chi connectivity index (χ0) is 19.7. The van der Waals surface area contributed by atoms with Crippen molar-refractivity contribution >= 4 is 44.9 Å². The largest absolute Gasteiger partial charge is 0.322 e. The standard InChI is InChI=1S/C18H11ClFN5O2S/c19-11-1-2-13(12(20)7-11)23-14(26)8-25-9-22-16-15(10-3-5-21-6-4-10)24-28-17(16)18(25)27/h1-7,9H,8H2,(H,23,26). The van der Waals surface area contributed by atoms with Gasteiger partial charge in [-0.05, 0) is 41.9 Å². The predicted molar refractivity (Wildman–Crippen MR) is 105 cm³/mol. The van der Waals surface area contributed by atoms with Crippen LogP contribution in [0.3, 0.4) is 0 Å². The van der Waals surface area contributed by atoms with Crippen LogP contribution in [-0.4, -0.2) is 24.8 Å². The van der Waals surface area contributed by atoms with E-state index >= 15 is 0 Å². The molecule has 0 bridgehead atoms. The number of hydrogen-bond acceptors (Lipinski definition) is 6. The van der Waals surface area contributed by atoms with Crippen LogP contribution in [0.4, 0.5) is 10.1 Å². The van der Waals surface area contributed by atoms with Crippen LogP contribution in [0.2, 0.25) is 5.02 Å². The van der Waals surface area contributed by atoms with Gasteiger partial charge in [0.25, 0.3) is 5.56 Å². The van der Waals surface area contributed by atoms with Gasteiger partial charge in [-0.3, -0.25) is 19.1 Å². The SMILES string of the molecule is O=C(Cn1cnc2c(-c3ccncc3)nsc2c1=O)Nc1ccc(Cl)cc1F. The quantitative estimate of drug-likeness (QED) is 0.552. The Hall–Kier alpha value is -3.17. The van der Waals surface area contributed by atoms with Crippen LogP contribution in [0.1, 0.15) is 0 Å². The lowest BCUT2D eigenvalue weighted by Crippen LogP contribution is -2.27. The van der Waals surface area contributed by atoms with Gasteiger partial charge < -0.3 is 5.32 Å². The van der Waals surface area contributed by atoms with Gasteiger partial charge in [0, 0.05) is 23.0 Å². The van der Waals surface area contributed by atoms with E-state index in [0.717, 1.165) is 27.7 Å². The zero-order valence-corrected chi connectivity index (χ0v) is 15.7. The maximum absolute atomic E-state index is 13.8. The molecule has 0 saturated carbocycles. The van der Waals surface area contributed by atoms with Crippen molar-refractivity contribution in [3.05, 3.63) is 70.2 Å². The van der Waals surface area contributed by atoms with E-state index in [0.29, 0.717) is 15.9 Å². The maximum Gasteiger partial charge on any atom is 0.273 e. The van der Waals surface area contributed by atoms with Crippen molar-refractivity contribution in [2.24, 2.45) is 0 Å². The molecule has 0 atom stereocenters. The topological polar surface area (TPSA) is 89.8 Å². The van der Waals surface area contributed by atoms with E-state index in [2.05, 4.69) is 19.7 Å². The molecule has 1 amide bonds. The fraction of sp³-hybridized carbons (Fsp3) is 0.0556. The Bertz CT molecular complexity index is 1240. The highest BCUT2D eigenvalue weighted by atomic mass is 35.5. The fourth-order valence-electron chi connectivity index (χ4n) is 2.60. The van der Waals surface area contributed by atoms with Gasteiger partial charge in [0.15, 0.2) is 0 Å². The molecule has 10 heteroatoms. The van der Waals surface area contributed by atoms with Crippen molar-refractivity contribution in [1.29, 1.82) is 0 Å². The number of nitrogens with one attached hydrogen (secondary N) is 1. The van der Waals surface area contributed by atoms with Gasteiger partial charge >= 0.3 is 0 Å². The molecule has 140 valence electrons. The molecule has 0 aliphatic rings. The molecule has 3 heterocycles. The van der Waals surface area contributed by atoms with Crippen LogP contribution in [0.15, 0.2) is 53.8 Å². The average Bonchev–Trinajstić information content (AvgIpc) is 3.12. The second-order valence-electron chi connectivity index (χ2n) is 5.79. The minimum Gasteiger partial charge on any atom is -0.322 e. The van der Waals surface area contributed by atoms with E-state index in [9.17, 15) is 14.0 Å². The molecule has 0 radical (unpaired) electrons. The van der Waals surface area contributed by atoms with E-state index < -0.39 is 17.3 Å². The number of carbonyl (C=O) groups excluding carboxylic acids is 1. The lowest BCUT2D eigenvalue weighted by molar-refractivity contribution is -0.116. The van der Waals surface area contributed by atoms with E-state index in [1.54, 1.807) is 24.5 Å². The molecule has 1 aromatic carbocycles. The van der Waals surface area contributed by atoms with Gasteiger partial charge in [0.1, 0.15) is 28.3 Å². The number of fused-ring (bicyclic) bond motifs is 1. The van der Waals surface area contributed by atoms with Crippen molar-refractivity contribution in [2.45, 2.75) is 6.54 Å². The van der Waals surface area contributed by atoms with Gasteiger partial charge in [0.05, 0.1) is 12.0 Å².